The minimum absolute atomic E-state index is 0.357. The number of rotatable bonds is 2. The highest BCUT2D eigenvalue weighted by atomic mass is 35.5. The van der Waals surface area contributed by atoms with Gasteiger partial charge in [-0.3, -0.25) is 0 Å². The second-order valence-corrected chi connectivity index (χ2v) is 5.46. The van der Waals surface area contributed by atoms with Crippen LogP contribution in [0.2, 0.25) is 10.0 Å². The van der Waals surface area contributed by atoms with Gasteiger partial charge in [0, 0.05) is 15.7 Å². The third-order valence-corrected chi connectivity index (χ3v) is 3.82. The van der Waals surface area contributed by atoms with Gasteiger partial charge >= 0.3 is 0 Å². The molecule has 0 amide bonds. The zero-order chi connectivity index (χ0) is 12.5. The Morgan fingerprint density at radius 3 is 2.67 bits per heavy atom. The largest absolute Gasteiger partial charge is 0.378 e. The van der Waals surface area contributed by atoms with Gasteiger partial charge in [-0.15, -0.1) is 0 Å². The minimum Gasteiger partial charge on any atom is -0.378 e. The van der Waals surface area contributed by atoms with E-state index in [2.05, 4.69) is 17.4 Å². The van der Waals surface area contributed by atoms with Crippen molar-refractivity contribution in [3.63, 3.8) is 0 Å². The van der Waals surface area contributed by atoms with Crippen molar-refractivity contribution in [2.24, 2.45) is 0 Å². The molecule has 2 aromatic rings. The Balaban J connectivity index is 1.85. The summed E-state index contributed by atoms with van der Waals surface area (Å²) in [6, 6.07) is 14.3. The van der Waals surface area contributed by atoms with Crippen molar-refractivity contribution in [1.29, 1.82) is 0 Å². The van der Waals surface area contributed by atoms with Crippen LogP contribution in [0.1, 0.15) is 23.6 Å². The van der Waals surface area contributed by atoms with Gasteiger partial charge in [-0.1, -0.05) is 35.3 Å². The Morgan fingerprint density at radius 2 is 1.83 bits per heavy atom. The summed E-state index contributed by atoms with van der Waals surface area (Å²) in [6.45, 7) is 0. The first-order valence-electron chi connectivity index (χ1n) is 6.03. The maximum absolute atomic E-state index is 6.01. The molecule has 3 rings (SSSR count). The molecule has 1 aliphatic rings. The fourth-order valence-electron chi connectivity index (χ4n) is 2.52. The van der Waals surface area contributed by atoms with Crippen LogP contribution >= 0.6 is 23.2 Å². The van der Waals surface area contributed by atoms with Crippen LogP contribution in [0.3, 0.4) is 0 Å². The molecule has 0 saturated heterocycles. The number of fused-ring (bicyclic) bond motifs is 1. The fraction of sp³-hybridized carbons (Fsp3) is 0.200. The van der Waals surface area contributed by atoms with E-state index in [1.54, 1.807) is 0 Å². The highest BCUT2D eigenvalue weighted by Gasteiger charge is 2.22. The van der Waals surface area contributed by atoms with E-state index in [-0.39, 0.29) is 0 Å². The molecule has 0 aromatic heterocycles. The Hall–Kier alpha value is -1.18. The van der Waals surface area contributed by atoms with E-state index in [1.165, 1.54) is 11.1 Å². The van der Waals surface area contributed by atoms with Crippen LogP contribution in [0.25, 0.3) is 0 Å². The molecule has 0 aliphatic heterocycles. The molecule has 0 saturated carbocycles. The van der Waals surface area contributed by atoms with Gasteiger partial charge in [0.1, 0.15) is 0 Å². The quantitative estimate of drug-likeness (QED) is 0.806. The van der Waals surface area contributed by atoms with Gasteiger partial charge in [0.2, 0.25) is 0 Å². The molecule has 3 heteroatoms. The summed E-state index contributed by atoms with van der Waals surface area (Å²) in [5.41, 5.74) is 3.76. The van der Waals surface area contributed by atoms with Crippen LogP contribution in [0.15, 0.2) is 42.5 Å². The first-order chi connectivity index (χ1) is 8.72. The lowest BCUT2D eigenvalue weighted by molar-refractivity contribution is 0.762. The van der Waals surface area contributed by atoms with Gasteiger partial charge in [-0.05, 0) is 54.3 Å². The van der Waals surface area contributed by atoms with Crippen molar-refractivity contribution >= 4 is 28.9 Å². The van der Waals surface area contributed by atoms with E-state index in [9.17, 15) is 0 Å². The number of hydrogen-bond donors (Lipinski definition) is 1. The number of aryl methyl sites for hydroxylation is 1. The molecule has 0 fully saturated rings. The van der Waals surface area contributed by atoms with E-state index in [4.69, 9.17) is 23.2 Å². The van der Waals surface area contributed by atoms with Crippen LogP contribution in [0.5, 0.6) is 0 Å². The van der Waals surface area contributed by atoms with Gasteiger partial charge < -0.3 is 5.32 Å². The average Bonchev–Trinajstić information content (AvgIpc) is 2.72. The van der Waals surface area contributed by atoms with Gasteiger partial charge in [-0.25, -0.2) is 0 Å². The molecule has 1 aliphatic carbocycles. The number of nitrogens with one attached hydrogen (secondary N) is 1. The van der Waals surface area contributed by atoms with Crippen LogP contribution in [-0.4, -0.2) is 0 Å². The summed E-state index contributed by atoms with van der Waals surface area (Å²) < 4.78 is 0. The fourth-order valence-corrected chi connectivity index (χ4v) is 2.90. The lowest BCUT2D eigenvalue weighted by Gasteiger charge is -2.15. The number of anilines is 1. The molecule has 18 heavy (non-hydrogen) atoms. The first-order valence-corrected chi connectivity index (χ1v) is 6.78. The maximum Gasteiger partial charge on any atom is 0.0519 e. The number of benzene rings is 2. The van der Waals surface area contributed by atoms with Gasteiger partial charge in [0.25, 0.3) is 0 Å². The van der Waals surface area contributed by atoms with E-state index in [0.29, 0.717) is 6.04 Å². The second kappa shape index (κ2) is 4.83. The monoisotopic (exact) mass is 277 g/mol. The van der Waals surface area contributed by atoms with E-state index >= 15 is 0 Å². The lowest BCUT2D eigenvalue weighted by Crippen LogP contribution is -2.06. The predicted octanol–water partition coefficient (Wildman–Crippen LogP) is 5.09. The Bertz CT molecular complexity index is 580. The first kappa shape index (κ1) is 11.9. The minimum atomic E-state index is 0.357. The summed E-state index contributed by atoms with van der Waals surface area (Å²) in [6.07, 6.45) is 2.18. The van der Waals surface area contributed by atoms with Crippen LogP contribution in [-0.2, 0) is 6.42 Å². The molecule has 1 atom stereocenters. The third kappa shape index (κ3) is 2.33. The van der Waals surface area contributed by atoms with Crippen molar-refractivity contribution in [2.45, 2.75) is 18.9 Å². The third-order valence-electron chi connectivity index (χ3n) is 3.35. The van der Waals surface area contributed by atoms with Crippen molar-refractivity contribution < 1.29 is 0 Å². The van der Waals surface area contributed by atoms with Crippen molar-refractivity contribution in [2.75, 3.05) is 5.32 Å². The summed E-state index contributed by atoms with van der Waals surface area (Å²) in [5, 5.41) is 5.11. The normalized spacial score (nSPS) is 17.6. The Kier molecular flexibility index (Phi) is 3.19. The standard InChI is InChI=1S/C15H13Cl2N/c16-11-2-1-3-13(9-11)18-15-7-4-10-8-12(17)5-6-14(10)15/h1-3,5-6,8-9,15,18H,4,7H2. The summed E-state index contributed by atoms with van der Waals surface area (Å²) in [5.74, 6) is 0. The maximum atomic E-state index is 6.01. The zero-order valence-corrected chi connectivity index (χ0v) is 11.3. The molecular formula is C15H13Cl2N. The molecule has 0 heterocycles. The molecule has 92 valence electrons. The number of halogens is 2. The lowest BCUT2D eigenvalue weighted by atomic mass is 10.1. The topological polar surface area (TPSA) is 12.0 Å². The van der Waals surface area contributed by atoms with Gasteiger partial charge in [0.05, 0.1) is 6.04 Å². The van der Waals surface area contributed by atoms with E-state index < -0.39 is 0 Å². The second-order valence-electron chi connectivity index (χ2n) is 4.59. The highest BCUT2D eigenvalue weighted by molar-refractivity contribution is 6.31. The van der Waals surface area contributed by atoms with Crippen molar-refractivity contribution in [1.82, 2.24) is 0 Å². The molecule has 0 radical (unpaired) electrons. The van der Waals surface area contributed by atoms with Gasteiger partial charge in [0.15, 0.2) is 0 Å². The number of hydrogen-bond acceptors (Lipinski definition) is 1. The van der Waals surface area contributed by atoms with E-state index in [1.807, 2.05) is 30.3 Å². The highest BCUT2D eigenvalue weighted by Crippen LogP contribution is 2.35. The summed E-state index contributed by atoms with van der Waals surface area (Å²) >= 11 is 12.0. The smallest absolute Gasteiger partial charge is 0.0519 e. The molecule has 1 unspecified atom stereocenters. The molecule has 1 nitrogen and oxygen atoms in total. The van der Waals surface area contributed by atoms with Gasteiger partial charge in [-0.2, -0.15) is 0 Å². The zero-order valence-electron chi connectivity index (χ0n) is 9.79. The Morgan fingerprint density at radius 1 is 1.00 bits per heavy atom. The molecule has 0 spiro atoms. The molecule has 1 N–H and O–H groups in total. The molecular weight excluding hydrogens is 265 g/mol. The van der Waals surface area contributed by atoms with Crippen LogP contribution in [0.4, 0.5) is 5.69 Å². The van der Waals surface area contributed by atoms with Crippen molar-refractivity contribution in [3.05, 3.63) is 63.6 Å². The van der Waals surface area contributed by atoms with Crippen molar-refractivity contribution in [3.8, 4) is 0 Å². The van der Waals surface area contributed by atoms with Crippen LogP contribution in [0, 0.1) is 0 Å². The summed E-state index contributed by atoms with van der Waals surface area (Å²) in [7, 11) is 0. The predicted molar refractivity (Wildman–Crippen MR) is 77.6 cm³/mol. The molecule has 2 aromatic carbocycles. The summed E-state index contributed by atoms with van der Waals surface area (Å²) in [4.78, 5) is 0. The van der Waals surface area contributed by atoms with Crippen LogP contribution < -0.4 is 5.32 Å². The average molecular weight is 278 g/mol. The van der Waals surface area contributed by atoms with E-state index in [0.717, 1.165) is 28.6 Å². The Labute approximate surface area is 117 Å². The SMILES string of the molecule is Clc1cccc(NC2CCc3cc(Cl)ccc32)c1. The molecule has 0 bridgehead atoms.